The third kappa shape index (κ3) is 5.25. The van der Waals surface area contributed by atoms with Crippen molar-refractivity contribution in [3.8, 4) is 0 Å². The van der Waals surface area contributed by atoms with E-state index in [1.807, 2.05) is 18.2 Å². The fourth-order valence-electron chi connectivity index (χ4n) is 1.78. The molecule has 0 atom stereocenters. The van der Waals surface area contributed by atoms with E-state index in [9.17, 15) is 4.79 Å². The summed E-state index contributed by atoms with van der Waals surface area (Å²) in [4.78, 5) is 15.6. The zero-order valence-corrected chi connectivity index (χ0v) is 12.8. The van der Waals surface area contributed by atoms with Gasteiger partial charge in [0.25, 0.3) is 0 Å². The Morgan fingerprint density at radius 2 is 2.05 bits per heavy atom. The smallest absolute Gasteiger partial charge is 0.315 e. The Morgan fingerprint density at radius 3 is 2.76 bits per heavy atom. The van der Waals surface area contributed by atoms with Crippen molar-refractivity contribution in [2.45, 2.75) is 13.0 Å². The summed E-state index contributed by atoms with van der Waals surface area (Å²) in [7, 11) is 0. The Bertz CT molecular complexity index is 605. The first-order chi connectivity index (χ1) is 10.1. The summed E-state index contributed by atoms with van der Waals surface area (Å²) >= 11 is 11.9. The molecule has 0 aliphatic heterocycles. The molecule has 0 bridgehead atoms. The molecule has 0 spiro atoms. The molecule has 6 heteroatoms. The number of halogens is 2. The molecule has 1 heterocycles. The van der Waals surface area contributed by atoms with Crippen LogP contribution in [0.15, 0.2) is 42.7 Å². The van der Waals surface area contributed by atoms with E-state index in [-0.39, 0.29) is 6.03 Å². The number of nitrogens with zero attached hydrogens (tertiary/aromatic N) is 1. The number of carbonyl (C=O) groups is 1. The Balaban J connectivity index is 1.72. The summed E-state index contributed by atoms with van der Waals surface area (Å²) < 4.78 is 0. The highest BCUT2D eigenvalue weighted by Crippen LogP contribution is 2.20. The highest BCUT2D eigenvalue weighted by atomic mass is 35.5. The lowest BCUT2D eigenvalue weighted by Crippen LogP contribution is -2.36. The molecule has 4 nitrogen and oxygen atoms in total. The second-order valence-corrected chi connectivity index (χ2v) is 5.30. The third-order valence-electron chi connectivity index (χ3n) is 2.87. The largest absolute Gasteiger partial charge is 0.338 e. The van der Waals surface area contributed by atoms with Crippen LogP contribution in [-0.4, -0.2) is 17.6 Å². The molecule has 0 unspecified atom stereocenters. The van der Waals surface area contributed by atoms with E-state index in [0.717, 1.165) is 11.1 Å². The number of amides is 2. The zero-order valence-electron chi connectivity index (χ0n) is 11.3. The Kier molecular flexibility index (Phi) is 5.84. The fraction of sp³-hybridized carbons (Fsp3) is 0.200. The zero-order chi connectivity index (χ0) is 15.1. The lowest BCUT2D eigenvalue weighted by molar-refractivity contribution is 0.240. The summed E-state index contributed by atoms with van der Waals surface area (Å²) in [6.45, 7) is 0.946. The number of hydrogen-bond donors (Lipinski definition) is 2. The van der Waals surface area contributed by atoms with E-state index < -0.39 is 0 Å². The minimum Gasteiger partial charge on any atom is -0.338 e. The number of nitrogens with one attached hydrogen (secondary N) is 2. The summed E-state index contributed by atoms with van der Waals surface area (Å²) in [6, 6.07) is 8.86. The van der Waals surface area contributed by atoms with Gasteiger partial charge in [0.1, 0.15) is 0 Å². The minimum atomic E-state index is -0.219. The molecule has 0 saturated carbocycles. The molecule has 2 N–H and O–H groups in total. The van der Waals surface area contributed by atoms with Crippen LogP contribution >= 0.6 is 23.2 Å². The van der Waals surface area contributed by atoms with Gasteiger partial charge in [0.15, 0.2) is 0 Å². The van der Waals surface area contributed by atoms with Crippen molar-refractivity contribution in [3.05, 3.63) is 63.9 Å². The predicted octanol–water partition coefficient (Wildman–Crippen LogP) is 3.43. The summed E-state index contributed by atoms with van der Waals surface area (Å²) in [6.07, 6.45) is 4.06. The molecule has 2 rings (SSSR count). The standard InChI is InChI=1S/C15H15Cl2N3O/c16-13-4-3-12(14(17)8-13)5-7-19-15(21)20-10-11-2-1-6-18-9-11/h1-4,6,8-9H,5,7,10H2,(H2,19,20,21). The lowest BCUT2D eigenvalue weighted by atomic mass is 10.1. The van der Waals surface area contributed by atoms with Crippen LogP contribution in [0.1, 0.15) is 11.1 Å². The molecule has 2 aromatic rings. The Hall–Kier alpha value is -1.78. The molecular weight excluding hydrogens is 309 g/mol. The maximum absolute atomic E-state index is 11.6. The van der Waals surface area contributed by atoms with E-state index in [0.29, 0.717) is 29.6 Å². The molecule has 1 aromatic heterocycles. The molecule has 1 aromatic carbocycles. The van der Waals surface area contributed by atoms with Gasteiger partial charge in [-0.3, -0.25) is 4.98 Å². The maximum atomic E-state index is 11.6. The number of carbonyl (C=O) groups excluding carboxylic acids is 1. The fourth-order valence-corrected chi connectivity index (χ4v) is 2.29. The number of rotatable bonds is 5. The first-order valence-corrected chi connectivity index (χ1v) is 7.25. The molecule has 0 saturated heterocycles. The van der Waals surface area contributed by atoms with E-state index in [1.54, 1.807) is 24.5 Å². The minimum absolute atomic E-state index is 0.219. The normalized spacial score (nSPS) is 10.2. The first-order valence-electron chi connectivity index (χ1n) is 6.49. The molecule has 110 valence electrons. The molecule has 0 radical (unpaired) electrons. The van der Waals surface area contributed by atoms with Crippen LogP contribution in [0.4, 0.5) is 4.79 Å². The van der Waals surface area contributed by atoms with E-state index in [2.05, 4.69) is 15.6 Å². The van der Waals surface area contributed by atoms with Gasteiger partial charge in [-0.05, 0) is 35.7 Å². The van der Waals surface area contributed by atoms with Crippen molar-refractivity contribution < 1.29 is 4.79 Å². The monoisotopic (exact) mass is 323 g/mol. The van der Waals surface area contributed by atoms with Crippen LogP contribution in [0.2, 0.25) is 10.0 Å². The Labute approximate surface area is 133 Å². The van der Waals surface area contributed by atoms with Crippen LogP contribution in [0.3, 0.4) is 0 Å². The molecule has 2 amide bonds. The van der Waals surface area contributed by atoms with Gasteiger partial charge in [-0.15, -0.1) is 0 Å². The highest BCUT2D eigenvalue weighted by Gasteiger charge is 2.03. The van der Waals surface area contributed by atoms with Gasteiger partial charge in [-0.25, -0.2) is 4.79 Å². The second kappa shape index (κ2) is 7.86. The topological polar surface area (TPSA) is 54.0 Å². The van der Waals surface area contributed by atoms with Gasteiger partial charge in [0.2, 0.25) is 0 Å². The van der Waals surface area contributed by atoms with Crippen LogP contribution in [0, 0.1) is 0 Å². The van der Waals surface area contributed by atoms with Crippen LogP contribution in [-0.2, 0) is 13.0 Å². The summed E-state index contributed by atoms with van der Waals surface area (Å²) in [5.41, 5.74) is 1.90. The van der Waals surface area contributed by atoms with Crippen molar-refractivity contribution >= 4 is 29.2 Å². The van der Waals surface area contributed by atoms with Crippen molar-refractivity contribution in [2.24, 2.45) is 0 Å². The van der Waals surface area contributed by atoms with Gasteiger partial charge in [-0.1, -0.05) is 35.3 Å². The van der Waals surface area contributed by atoms with E-state index in [1.165, 1.54) is 0 Å². The first kappa shape index (κ1) is 15.6. The van der Waals surface area contributed by atoms with Gasteiger partial charge in [0.05, 0.1) is 0 Å². The van der Waals surface area contributed by atoms with Crippen molar-refractivity contribution in [1.82, 2.24) is 15.6 Å². The van der Waals surface area contributed by atoms with Crippen molar-refractivity contribution in [2.75, 3.05) is 6.54 Å². The van der Waals surface area contributed by atoms with Gasteiger partial charge in [-0.2, -0.15) is 0 Å². The van der Waals surface area contributed by atoms with Crippen molar-refractivity contribution in [3.63, 3.8) is 0 Å². The maximum Gasteiger partial charge on any atom is 0.315 e. The number of benzene rings is 1. The number of hydrogen-bond acceptors (Lipinski definition) is 2. The second-order valence-electron chi connectivity index (χ2n) is 4.46. The Morgan fingerprint density at radius 1 is 1.19 bits per heavy atom. The number of aromatic nitrogens is 1. The average Bonchev–Trinajstić information content (AvgIpc) is 2.48. The van der Waals surface area contributed by atoms with E-state index in [4.69, 9.17) is 23.2 Å². The molecular formula is C15H15Cl2N3O. The number of urea groups is 1. The van der Waals surface area contributed by atoms with Crippen molar-refractivity contribution in [1.29, 1.82) is 0 Å². The van der Waals surface area contributed by atoms with E-state index >= 15 is 0 Å². The van der Waals surface area contributed by atoms with Gasteiger partial charge < -0.3 is 10.6 Å². The quantitative estimate of drug-likeness (QED) is 0.885. The molecule has 0 aliphatic carbocycles. The number of pyridine rings is 1. The third-order valence-corrected chi connectivity index (χ3v) is 3.46. The van der Waals surface area contributed by atoms with Crippen LogP contribution in [0.25, 0.3) is 0 Å². The molecule has 0 fully saturated rings. The molecule has 21 heavy (non-hydrogen) atoms. The van der Waals surface area contributed by atoms with Crippen LogP contribution < -0.4 is 10.6 Å². The predicted molar refractivity (Wildman–Crippen MR) is 84.6 cm³/mol. The highest BCUT2D eigenvalue weighted by molar-refractivity contribution is 6.35. The van der Waals surface area contributed by atoms with Crippen LogP contribution in [0.5, 0.6) is 0 Å². The summed E-state index contributed by atoms with van der Waals surface area (Å²) in [5.74, 6) is 0. The summed E-state index contributed by atoms with van der Waals surface area (Å²) in [5, 5.41) is 6.76. The SMILES string of the molecule is O=C(NCCc1ccc(Cl)cc1Cl)NCc1cccnc1. The molecule has 0 aliphatic rings. The van der Waals surface area contributed by atoms with Gasteiger partial charge in [0, 0.05) is 35.5 Å². The van der Waals surface area contributed by atoms with Gasteiger partial charge >= 0.3 is 6.03 Å². The lowest BCUT2D eigenvalue weighted by Gasteiger charge is -2.08. The average molecular weight is 324 g/mol.